The van der Waals surface area contributed by atoms with E-state index in [9.17, 15) is 5.11 Å². The number of hydrogen-bond acceptors (Lipinski definition) is 3. The second-order valence-electron chi connectivity index (χ2n) is 6.52. The van der Waals surface area contributed by atoms with Gasteiger partial charge in [0.15, 0.2) is 0 Å². The summed E-state index contributed by atoms with van der Waals surface area (Å²) in [4.78, 5) is 0. The summed E-state index contributed by atoms with van der Waals surface area (Å²) in [6.45, 7) is 6.66. The smallest absolute Gasteiger partial charge is 0.0984 e. The fourth-order valence-electron chi connectivity index (χ4n) is 2.67. The SMILES string of the molecule is CC(C)COCCCNC(c1ccccc1)C(O)c1ccccc1. The molecule has 24 heavy (non-hydrogen) atoms. The highest BCUT2D eigenvalue weighted by molar-refractivity contribution is 5.26. The quantitative estimate of drug-likeness (QED) is 0.645. The lowest BCUT2D eigenvalue weighted by atomic mass is 9.95. The van der Waals surface area contributed by atoms with E-state index in [4.69, 9.17) is 4.74 Å². The van der Waals surface area contributed by atoms with Crippen LogP contribution < -0.4 is 5.32 Å². The average Bonchev–Trinajstić information content (AvgIpc) is 2.62. The van der Waals surface area contributed by atoms with Crippen molar-refractivity contribution in [3.63, 3.8) is 0 Å². The molecule has 0 aromatic heterocycles. The molecule has 0 aliphatic heterocycles. The van der Waals surface area contributed by atoms with E-state index in [-0.39, 0.29) is 6.04 Å². The third-order valence-corrected chi connectivity index (χ3v) is 3.90. The largest absolute Gasteiger partial charge is 0.386 e. The lowest BCUT2D eigenvalue weighted by Gasteiger charge is -2.25. The van der Waals surface area contributed by atoms with Crippen molar-refractivity contribution in [1.82, 2.24) is 5.32 Å². The fourth-order valence-corrected chi connectivity index (χ4v) is 2.67. The maximum atomic E-state index is 10.8. The van der Waals surface area contributed by atoms with Crippen molar-refractivity contribution >= 4 is 0 Å². The van der Waals surface area contributed by atoms with Gasteiger partial charge in [-0.05, 0) is 30.0 Å². The Kier molecular flexibility index (Phi) is 7.96. The van der Waals surface area contributed by atoms with Gasteiger partial charge >= 0.3 is 0 Å². The lowest BCUT2D eigenvalue weighted by Crippen LogP contribution is -2.28. The number of hydrogen-bond donors (Lipinski definition) is 2. The minimum absolute atomic E-state index is 0.126. The molecule has 0 saturated carbocycles. The number of ether oxygens (including phenoxy) is 1. The molecule has 2 unspecified atom stereocenters. The monoisotopic (exact) mass is 327 g/mol. The normalized spacial score (nSPS) is 13.8. The molecule has 0 aliphatic carbocycles. The van der Waals surface area contributed by atoms with Gasteiger partial charge in [-0.1, -0.05) is 74.5 Å². The van der Waals surface area contributed by atoms with Gasteiger partial charge in [0.1, 0.15) is 0 Å². The Balaban J connectivity index is 1.94. The first-order chi connectivity index (χ1) is 11.7. The molecule has 2 atom stereocenters. The number of benzene rings is 2. The van der Waals surface area contributed by atoms with E-state index in [2.05, 4.69) is 31.3 Å². The van der Waals surface area contributed by atoms with Crippen molar-refractivity contribution in [1.29, 1.82) is 0 Å². The maximum Gasteiger partial charge on any atom is 0.0984 e. The van der Waals surface area contributed by atoms with E-state index >= 15 is 0 Å². The molecular weight excluding hydrogens is 298 g/mol. The molecule has 0 radical (unpaired) electrons. The van der Waals surface area contributed by atoms with Gasteiger partial charge in [-0.3, -0.25) is 0 Å². The third-order valence-electron chi connectivity index (χ3n) is 3.90. The van der Waals surface area contributed by atoms with Crippen LogP contribution in [0, 0.1) is 5.92 Å². The first-order valence-electron chi connectivity index (χ1n) is 8.77. The van der Waals surface area contributed by atoms with Gasteiger partial charge in [-0.15, -0.1) is 0 Å². The summed E-state index contributed by atoms with van der Waals surface area (Å²) in [6.07, 6.45) is 0.350. The van der Waals surface area contributed by atoms with Crippen molar-refractivity contribution in [2.24, 2.45) is 5.92 Å². The van der Waals surface area contributed by atoms with Crippen molar-refractivity contribution in [2.45, 2.75) is 32.4 Å². The maximum absolute atomic E-state index is 10.8. The second kappa shape index (κ2) is 10.2. The number of rotatable bonds is 10. The van der Waals surface area contributed by atoms with E-state index in [0.29, 0.717) is 5.92 Å². The average molecular weight is 327 g/mol. The van der Waals surface area contributed by atoms with Crippen LogP contribution in [-0.2, 0) is 4.74 Å². The Morgan fingerprint density at radius 1 is 0.917 bits per heavy atom. The summed E-state index contributed by atoms with van der Waals surface area (Å²) in [7, 11) is 0. The zero-order chi connectivity index (χ0) is 17.2. The Morgan fingerprint density at radius 2 is 1.50 bits per heavy atom. The molecular formula is C21H29NO2. The van der Waals surface area contributed by atoms with E-state index < -0.39 is 6.10 Å². The number of nitrogens with one attached hydrogen (secondary N) is 1. The minimum atomic E-state index is -0.579. The molecule has 2 rings (SSSR count). The van der Waals surface area contributed by atoms with Crippen LogP contribution in [0.25, 0.3) is 0 Å². The van der Waals surface area contributed by atoms with E-state index in [0.717, 1.165) is 37.3 Å². The molecule has 2 aromatic rings. The Morgan fingerprint density at radius 3 is 2.08 bits per heavy atom. The summed E-state index contributed by atoms with van der Waals surface area (Å²) in [5.74, 6) is 0.565. The highest BCUT2D eigenvalue weighted by Gasteiger charge is 2.21. The van der Waals surface area contributed by atoms with Crippen LogP contribution >= 0.6 is 0 Å². The molecule has 0 bridgehead atoms. The molecule has 0 saturated heterocycles. The molecule has 0 aliphatic rings. The van der Waals surface area contributed by atoms with Gasteiger partial charge < -0.3 is 15.2 Å². The third kappa shape index (κ3) is 6.08. The zero-order valence-electron chi connectivity index (χ0n) is 14.7. The van der Waals surface area contributed by atoms with Gasteiger partial charge in [-0.2, -0.15) is 0 Å². The van der Waals surface area contributed by atoms with Gasteiger partial charge in [0.05, 0.1) is 12.1 Å². The van der Waals surface area contributed by atoms with Crippen molar-refractivity contribution in [3.05, 3.63) is 71.8 Å². The predicted octanol–water partition coefficient (Wildman–Crippen LogP) is 4.11. The highest BCUT2D eigenvalue weighted by atomic mass is 16.5. The van der Waals surface area contributed by atoms with E-state index in [1.54, 1.807) is 0 Å². The molecule has 3 nitrogen and oxygen atoms in total. The molecule has 0 fully saturated rings. The topological polar surface area (TPSA) is 41.5 Å². The molecule has 0 heterocycles. The van der Waals surface area contributed by atoms with Gasteiger partial charge in [0.2, 0.25) is 0 Å². The fraction of sp³-hybridized carbons (Fsp3) is 0.429. The van der Waals surface area contributed by atoms with Crippen LogP contribution in [0.1, 0.15) is 43.5 Å². The Labute approximate surface area is 145 Å². The first kappa shape index (κ1) is 18.7. The van der Waals surface area contributed by atoms with Crippen LogP contribution in [-0.4, -0.2) is 24.9 Å². The molecule has 3 heteroatoms. The standard InChI is InChI=1S/C21H29NO2/c1-17(2)16-24-15-9-14-22-20(18-10-5-3-6-11-18)21(23)19-12-7-4-8-13-19/h3-8,10-13,17,20-23H,9,14-16H2,1-2H3. The van der Waals surface area contributed by atoms with E-state index in [1.807, 2.05) is 48.5 Å². The van der Waals surface area contributed by atoms with Crippen LogP contribution in [0.2, 0.25) is 0 Å². The highest BCUT2D eigenvalue weighted by Crippen LogP contribution is 2.28. The van der Waals surface area contributed by atoms with Crippen molar-refractivity contribution < 1.29 is 9.84 Å². The summed E-state index contributed by atoms with van der Waals surface area (Å²) in [5, 5.41) is 14.3. The molecule has 0 spiro atoms. The van der Waals surface area contributed by atoms with Crippen LogP contribution in [0.15, 0.2) is 60.7 Å². The van der Waals surface area contributed by atoms with Crippen LogP contribution in [0.3, 0.4) is 0 Å². The van der Waals surface area contributed by atoms with Crippen LogP contribution in [0.5, 0.6) is 0 Å². The Bertz CT molecular complexity index is 557. The van der Waals surface area contributed by atoms with Gasteiger partial charge in [0.25, 0.3) is 0 Å². The molecule has 2 aromatic carbocycles. The number of aliphatic hydroxyl groups is 1. The summed E-state index contributed by atoms with van der Waals surface area (Å²) >= 11 is 0. The molecule has 130 valence electrons. The Hall–Kier alpha value is -1.68. The number of aliphatic hydroxyl groups excluding tert-OH is 1. The van der Waals surface area contributed by atoms with Crippen molar-refractivity contribution in [2.75, 3.05) is 19.8 Å². The predicted molar refractivity (Wildman–Crippen MR) is 98.9 cm³/mol. The first-order valence-corrected chi connectivity index (χ1v) is 8.77. The minimum Gasteiger partial charge on any atom is -0.386 e. The van der Waals surface area contributed by atoms with Gasteiger partial charge in [-0.25, -0.2) is 0 Å². The zero-order valence-corrected chi connectivity index (χ0v) is 14.7. The lowest BCUT2D eigenvalue weighted by molar-refractivity contribution is 0.101. The van der Waals surface area contributed by atoms with Crippen molar-refractivity contribution in [3.8, 4) is 0 Å². The van der Waals surface area contributed by atoms with Crippen LogP contribution in [0.4, 0.5) is 0 Å². The van der Waals surface area contributed by atoms with E-state index in [1.165, 1.54) is 0 Å². The summed E-state index contributed by atoms with van der Waals surface area (Å²) in [5.41, 5.74) is 2.02. The molecule has 2 N–H and O–H groups in total. The summed E-state index contributed by atoms with van der Waals surface area (Å²) < 4.78 is 5.63. The molecule has 0 amide bonds. The van der Waals surface area contributed by atoms with Gasteiger partial charge in [0, 0.05) is 13.2 Å². The second-order valence-corrected chi connectivity index (χ2v) is 6.52. The summed E-state index contributed by atoms with van der Waals surface area (Å²) in [6, 6.07) is 19.8.